The second-order valence-corrected chi connectivity index (χ2v) is 10.8. The molecule has 3 N–H and O–H groups in total. The van der Waals surface area contributed by atoms with Gasteiger partial charge in [-0.15, -0.1) is 11.3 Å². The maximum absolute atomic E-state index is 13.5. The maximum Gasteiger partial charge on any atom is 0.280 e. The average Bonchev–Trinajstić information content (AvgIpc) is 3.50. The van der Waals surface area contributed by atoms with Crippen molar-refractivity contribution in [2.75, 3.05) is 26.2 Å². The summed E-state index contributed by atoms with van der Waals surface area (Å²) in [6, 6.07) is 7.01. The van der Waals surface area contributed by atoms with Crippen LogP contribution in [0.4, 0.5) is 0 Å². The third-order valence-electron chi connectivity index (χ3n) is 7.18. The van der Waals surface area contributed by atoms with Gasteiger partial charge in [-0.1, -0.05) is 24.3 Å². The Bertz CT molecular complexity index is 1230. The molecule has 0 unspecified atom stereocenters. The lowest BCUT2D eigenvalue weighted by atomic mass is 9.97. The van der Waals surface area contributed by atoms with Gasteiger partial charge in [-0.2, -0.15) is 0 Å². The first kappa shape index (κ1) is 25.3. The summed E-state index contributed by atoms with van der Waals surface area (Å²) < 4.78 is 0. The lowest BCUT2D eigenvalue weighted by molar-refractivity contribution is -0.148. The zero-order valence-electron chi connectivity index (χ0n) is 21.1. The summed E-state index contributed by atoms with van der Waals surface area (Å²) in [7, 11) is 0. The molecule has 10 nitrogen and oxygen atoms in total. The summed E-state index contributed by atoms with van der Waals surface area (Å²) in [6.45, 7) is 6.24. The van der Waals surface area contributed by atoms with Gasteiger partial charge >= 0.3 is 0 Å². The van der Waals surface area contributed by atoms with Crippen molar-refractivity contribution in [3.63, 3.8) is 0 Å². The predicted molar refractivity (Wildman–Crippen MR) is 137 cm³/mol. The lowest BCUT2D eigenvalue weighted by Gasteiger charge is -2.28. The summed E-state index contributed by atoms with van der Waals surface area (Å²) in [4.78, 5) is 56.6. The molecule has 1 saturated carbocycles. The Balaban J connectivity index is 1.29. The number of nitrogens with zero attached hydrogens (tertiary/aromatic N) is 3. The van der Waals surface area contributed by atoms with Crippen molar-refractivity contribution in [2.45, 2.75) is 45.7 Å². The van der Waals surface area contributed by atoms with Gasteiger partial charge in [0.05, 0.1) is 11.6 Å². The first-order valence-corrected chi connectivity index (χ1v) is 13.7. The van der Waals surface area contributed by atoms with Gasteiger partial charge in [0.1, 0.15) is 10.9 Å². The topological polar surface area (TPSA) is 124 Å². The number of fused-ring (bicyclic) bond motifs is 2. The van der Waals surface area contributed by atoms with Gasteiger partial charge in [-0.25, -0.2) is 9.99 Å². The highest BCUT2D eigenvalue weighted by atomic mass is 32.1. The van der Waals surface area contributed by atoms with E-state index in [9.17, 15) is 19.2 Å². The molecule has 3 heterocycles. The van der Waals surface area contributed by atoms with Gasteiger partial charge in [0, 0.05) is 32.7 Å². The predicted octanol–water partition coefficient (Wildman–Crippen LogP) is 1.78. The third kappa shape index (κ3) is 5.24. The van der Waals surface area contributed by atoms with E-state index in [1.807, 2.05) is 31.2 Å². The Hall–Kier alpha value is -3.31. The summed E-state index contributed by atoms with van der Waals surface area (Å²) in [5.74, 6) is -1.30. The zero-order valence-corrected chi connectivity index (χ0v) is 21.9. The number of nitrogens with one attached hydrogen (secondary N) is 3. The van der Waals surface area contributed by atoms with Crippen LogP contribution in [0.1, 0.15) is 68.5 Å². The molecule has 1 aromatic carbocycles. The molecule has 11 heteroatoms. The molecule has 1 aliphatic carbocycles. The van der Waals surface area contributed by atoms with Crippen LogP contribution in [0.5, 0.6) is 0 Å². The van der Waals surface area contributed by atoms with E-state index >= 15 is 0 Å². The van der Waals surface area contributed by atoms with Crippen LogP contribution in [0.3, 0.4) is 0 Å². The molecule has 0 radical (unpaired) electrons. The molecule has 2 fully saturated rings. The van der Waals surface area contributed by atoms with Crippen molar-refractivity contribution in [1.82, 2.24) is 31.0 Å². The van der Waals surface area contributed by atoms with Crippen molar-refractivity contribution < 1.29 is 19.2 Å². The number of aryl methyl sites for hydroxylation is 1. The number of rotatable bonds is 8. The van der Waals surface area contributed by atoms with E-state index in [1.54, 1.807) is 11.9 Å². The molecule has 2 atom stereocenters. The monoisotopic (exact) mass is 524 g/mol. The molecule has 0 spiro atoms. The number of benzene rings is 1. The van der Waals surface area contributed by atoms with Crippen molar-refractivity contribution >= 4 is 35.0 Å². The Morgan fingerprint density at radius 3 is 2.68 bits per heavy atom. The Morgan fingerprint density at radius 2 is 1.92 bits per heavy atom. The van der Waals surface area contributed by atoms with E-state index < -0.39 is 12.0 Å². The number of hydrogen-bond acceptors (Lipinski definition) is 7. The lowest BCUT2D eigenvalue weighted by Crippen LogP contribution is -2.48. The summed E-state index contributed by atoms with van der Waals surface area (Å²) >= 11 is 1.04. The van der Waals surface area contributed by atoms with Crippen LogP contribution in [0.15, 0.2) is 24.3 Å². The van der Waals surface area contributed by atoms with Gasteiger partial charge in [-0.3, -0.25) is 24.2 Å². The number of carbonyl (C=O) groups excluding carboxylic acids is 4. The molecule has 5 rings (SSSR count). The smallest absolute Gasteiger partial charge is 0.280 e. The fraction of sp³-hybridized carbons (Fsp3) is 0.500. The van der Waals surface area contributed by atoms with Crippen LogP contribution < -0.4 is 16.0 Å². The first-order chi connectivity index (χ1) is 17.9. The van der Waals surface area contributed by atoms with Gasteiger partial charge in [0.15, 0.2) is 5.01 Å². The molecule has 196 valence electrons. The normalized spacial score (nSPS) is 20.0. The van der Waals surface area contributed by atoms with E-state index in [1.165, 1.54) is 0 Å². The SMILES string of the molecule is CCNC(=O)c1nc(C)c(C(=O)NC[C@H](C(=O)N[C@@H]2C(=O)N3CCCN3Cc3ccccc32)C2CC2)s1. The number of thiazole rings is 1. The number of carbonyl (C=O) groups is 4. The highest BCUT2D eigenvalue weighted by molar-refractivity contribution is 7.15. The maximum atomic E-state index is 13.5. The molecule has 2 aliphatic heterocycles. The van der Waals surface area contributed by atoms with Crippen LogP contribution in [-0.2, 0) is 16.1 Å². The fourth-order valence-corrected chi connectivity index (χ4v) is 6.00. The average molecular weight is 525 g/mol. The highest BCUT2D eigenvalue weighted by Crippen LogP contribution is 2.38. The number of amides is 4. The molecule has 4 amide bonds. The van der Waals surface area contributed by atoms with Gasteiger partial charge in [0.25, 0.3) is 17.7 Å². The number of hydrazine groups is 1. The zero-order chi connectivity index (χ0) is 26.1. The highest BCUT2D eigenvalue weighted by Gasteiger charge is 2.41. The van der Waals surface area contributed by atoms with Crippen molar-refractivity contribution in [3.05, 3.63) is 51.0 Å². The Morgan fingerprint density at radius 1 is 1.14 bits per heavy atom. The van der Waals surface area contributed by atoms with Crippen LogP contribution in [0.2, 0.25) is 0 Å². The van der Waals surface area contributed by atoms with Crippen LogP contribution in [0.25, 0.3) is 0 Å². The van der Waals surface area contributed by atoms with Crippen molar-refractivity contribution in [1.29, 1.82) is 0 Å². The minimum atomic E-state index is -0.757. The second-order valence-electron chi connectivity index (χ2n) is 9.79. The number of aromatic nitrogens is 1. The van der Waals surface area contributed by atoms with Crippen molar-refractivity contribution in [3.8, 4) is 0 Å². The molecule has 3 aliphatic rings. The van der Waals surface area contributed by atoms with E-state index in [-0.39, 0.29) is 41.1 Å². The molecule has 37 heavy (non-hydrogen) atoms. The largest absolute Gasteiger partial charge is 0.350 e. The quantitative estimate of drug-likeness (QED) is 0.484. The standard InChI is InChI=1S/C26H32N6O4S/c1-3-27-24(35)25-29-15(2)21(37-25)23(34)28-13-19(16-9-10-16)22(33)30-20-18-8-5-4-7-17(18)14-31-11-6-12-32(31)26(20)36/h4-5,7-8,16,19-20H,3,6,9-14H2,1-2H3,(H,27,35)(H,28,34)(H,30,33)/t19-,20-/m0/s1. The van der Waals surface area contributed by atoms with Gasteiger partial charge < -0.3 is 16.0 Å². The second kappa shape index (κ2) is 10.6. The van der Waals surface area contributed by atoms with Crippen molar-refractivity contribution in [2.24, 2.45) is 11.8 Å². The minimum Gasteiger partial charge on any atom is -0.350 e. The molecule has 0 bridgehead atoms. The van der Waals surface area contributed by atoms with Gasteiger partial charge in [-0.05, 0) is 50.2 Å². The van der Waals surface area contributed by atoms with E-state index in [2.05, 4.69) is 25.9 Å². The molecular weight excluding hydrogens is 492 g/mol. The van der Waals surface area contributed by atoms with Gasteiger partial charge in [0.2, 0.25) is 5.91 Å². The first-order valence-electron chi connectivity index (χ1n) is 12.9. The summed E-state index contributed by atoms with van der Waals surface area (Å²) in [5.41, 5.74) is 2.34. The number of hydrogen-bond donors (Lipinski definition) is 3. The summed E-state index contributed by atoms with van der Waals surface area (Å²) in [5, 5.41) is 12.7. The van der Waals surface area contributed by atoms with E-state index in [0.29, 0.717) is 30.2 Å². The Kier molecular flexibility index (Phi) is 7.25. The summed E-state index contributed by atoms with van der Waals surface area (Å²) in [6.07, 6.45) is 2.72. The van der Waals surface area contributed by atoms with Crippen LogP contribution in [-0.4, -0.2) is 64.8 Å². The molecule has 2 aromatic rings. The van der Waals surface area contributed by atoms with E-state index in [0.717, 1.165) is 48.3 Å². The van der Waals surface area contributed by atoms with Crippen LogP contribution >= 0.6 is 11.3 Å². The Labute approximate surface area is 219 Å². The molecule has 1 saturated heterocycles. The fourth-order valence-electron chi connectivity index (χ4n) is 5.10. The van der Waals surface area contributed by atoms with Crippen LogP contribution in [0, 0.1) is 18.8 Å². The molecule has 1 aromatic heterocycles. The molecular formula is C26H32N6O4S. The van der Waals surface area contributed by atoms with E-state index in [4.69, 9.17) is 0 Å². The third-order valence-corrected chi connectivity index (χ3v) is 8.33. The minimum absolute atomic E-state index is 0.118.